The van der Waals surface area contributed by atoms with Gasteiger partial charge >= 0.3 is 0 Å². The number of hydrogen-bond acceptors (Lipinski definition) is 5. The molecule has 0 aliphatic carbocycles. The van der Waals surface area contributed by atoms with Gasteiger partial charge in [0.1, 0.15) is 0 Å². The molecule has 0 saturated carbocycles. The van der Waals surface area contributed by atoms with Crippen molar-refractivity contribution in [2.45, 2.75) is 17.7 Å². The highest BCUT2D eigenvalue weighted by Gasteiger charge is 2.20. The first-order valence-electron chi connectivity index (χ1n) is 8.21. The maximum absolute atomic E-state index is 12.5. The Morgan fingerprint density at radius 3 is 2.38 bits per heavy atom. The summed E-state index contributed by atoms with van der Waals surface area (Å²) < 4.78 is 26.1. The van der Waals surface area contributed by atoms with Crippen LogP contribution >= 0.6 is 0 Å². The number of nitrogens with zero attached hydrogens (tertiary/aromatic N) is 5. The van der Waals surface area contributed by atoms with E-state index in [1.165, 1.54) is 28.8 Å². The Kier molecular flexibility index (Phi) is 5.15. The van der Waals surface area contributed by atoms with E-state index in [4.69, 9.17) is 0 Å². The molecule has 0 spiro atoms. The quantitative estimate of drug-likeness (QED) is 0.661. The lowest BCUT2D eigenvalue weighted by Gasteiger charge is -2.14. The van der Waals surface area contributed by atoms with Crippen molar-refractivity contribution in [2.24, 2.45) is 7.05 Å². The van der Waals surface area contributed by atoms with Gasteiger partial charge < -0.3 is 0 Å². The number of hydrogen-bond donors (Lipinski definition) is 0. The van der Waals surface area contributed by atoms with Crippen LogP contribution in [0.2, 0.25) is 0 Å². The van der Waals surface area contributed by atoms with Crippen LogP contribution in [0.15, 0.2) is 53.4 Å². The zero-order valence-corrected chi connectivity index (χ0v) is 15.8. The van der Waals surface area contributed by atoms with Crippen molar-refractivity contribution >= 4 is 10.0 Å². The van der Waals surface area contributed by atoms with Crippen molar-refractivity contribution in [1.82, 2.24) is 24.5 Å². The van der Waals surface area contributed by atoms with Crippen molar-refractivity contribution < 1.29 is 8.42 Å². The standard InChI is InChI=1S/C18H21N5O2S/c1-22(2)26(24,25)16-12-11-15(10-9-14-7-5-4-6-8-14)17(13-16)18-19-21-23(3)20-18/h4-8,11-13H,9-10H2,1-3H3. The smallest absolute Gasteiger partial charge is 0.207 e. The highest BCUT2D eigenvalue weighted by atomic mass is 32.2. The molecule has 0 aliphatic heterocycles. The fraction of sp³-hybridized carbons (Fsp3) is 0.278. The van der Waals surface area contributed by atoms with Crippen LogP contribution in [-0.4, -0.2) is 47.0 Å². The average Bonchev–Trinajstić information content (AvgIpc) is 3.06. The minimum absolute atomic E-state index is 0.216. The Morgan fingerprint density at radius 1 is 1.04 bits per heavy atom. The average molecular weight is 371 g/mol. The third-order valence-electron chi connectivity index (χ3n) is 4.13. The van der Waals surface area contributed by atoms with Gasteiger partial charge in [-0.1, -0.05) is 36.4 Å². The van der Waals surface area contributed by atoms with Gasteiger partial charge in [-0.3, -0.25) is 0 Å². The molecule has 0 aliphatic rings. The van der Waals surface area contributed by atoms with Crippen LogP contribution in [-0.2, 0) is 29.9 Å². The van der Waals surface area contributed by atoms with Gasteiger partial charge in [-0.05, 0) is 41.3 Å². The number of tetrazole rings is 1. The van der Waals surface area contributed by atoms with Crippen molar-refractivity contribution in [3.05, 3.63) is 59.7 Å². The third kappa shape index (κ3) is 3.81. The first kappa shape index (κ1) is 18.2. The Morgan fingerprint density at radius 2 is 1.77 bits per heavy atom. The molecule has 0 atom stereocenters. The molecule has 7 nitrogen and oxygen atoms in total. The SMILES string of the molecule is CN(C)S(=O)(=O)c1ccc(CCc2ccccc2)c(-c2nnn(C)n2)c1. The Hall–Kier alpha value is -2.58. The van der Waals surface area contributed by atoms with Gasteiger partial charge in [0, 0.05) is 19.7 Å². The van der Waals surface area contributed by atoms with E-state index in [-0.39, 0.29) is 4.90 Å². The molecule has 0 radical (unpaired) electrons. The first-order chi connectivity index (χ1) is 12.4. The highest BCUT2D eigenvalue weighted by Crippen LogP contribution is 2.26. The summed E-state index contributed by atoms with van der Waals surface area (Å²) in [5, 5.41) is 12.2. The Labute approximate surface area is 153 Å². The van der Waals surface area contributed by atoms with Crippen molar-refractivity contribution in [1.29, 1.82) is 0 Å². The van der Waals surface area contributed by atoms with E-state index < -0.39 is 10.0 Å². The van der Waals surface area contributed by atoms with Crippen LogP contribution in [0.3, 0.4) is 0 Å². The molecule has 8 heteroatoms. The van der Waals surface area contributed by atoms with Gasteiger partial charge in [0.2, 0.25) is 15.8 Å². The predicted molar refractivity (Wildman–Crippen MR) is 99.0 cm³/mol. The zero-order chi connectivity index (χ0) is 18.7. The van der Waals surface area contributed by atoms with Crippen LogP contribution in [0.1, 0.15) is 11.1 Å². The summed E-state index contributed by atoms with van der Waals surface area (Å²) in [4.78, 5) is 1.58. The second-order valence-electron chi connectivity index (χ2n) is 6.19. The summed E-state index contributed by atoms with van der Waals surface area (Å²) in [6.45, 7) is 0. The monoisotopic (exact) mass is 371 g/mol. The largest absolute Gasteiger partial charge is 0.242 e. The van der Waals surface area contributed by atoms with E-state index >= 15 is 0 Å². The fourth-order valence-electron chi connectivity index (χ4n) is 2.67. The minimum atomic E-state index is -3.53. The van der Waals surface area contributed by atoms with Gasteiger partial charge in [-0.15, -0.1) is 10.2 Å². The summed E-state index contributed by atoms with van der Waals surface area (Å²) in [5.41, 5.74) is 2.90. The summed E-state index contributed by atoms with van der Waals surface area (Å²) in [7, 11) is 1.17. The molecule has 26 heavy (non-hydrogen) atoms. The molecule has 0 fully saturated rings. The van der Waals surface area contributed by atoms with E-state index in [0.717, 1.165) is 18.4 Å². The van der Waals surface area contributed by atoms with E-state index in [1.54, 1.807) is 19.2 Å². The molecule has 0 unspecified atom stereocenters. The van der Waals surface area contributed by atoms with Crippen molar-refractivity contribution in [2.75, 3.05) is 14.1 Å². The van der Waals surface area contributed by atoms with E-state index in [1.807, 2.05) is 24.3 Å². The topological polar surface area (TPSA) is 81.0 Å². The third-order valence-corrected chi connectivity index (χ3v) is 5.95. The molecule has 3 aromatic rings. The second kappa shape index (κ2) is 7.35. The second-order valence-corrected chi connectivity index (χ2v) is 8.35. The predicted octanol–water partition coefficient (Wildman–Crippen LogP) is 1.91. The lowest BCUT2D eigenvalue weighted by molar-refractivity contribution is 0.521. The maximum atomic E-state index is 12.5. The van der Waals surface area contributed by atoms with Crippen LogP contribution < -0.4 is 0 Å². The van der Waals surface area contributed by atoms with Crippen molar-refractivity contribution in [3.8, 4) is 11.4 Å². The van der Waals surface area contributed by atoms with Crippen molar-refractivity contribution in [3.63, 3.8) is 0 Å². The molecular weight excluding hydrogens is 350 g/mol. The van der Waals surface area contributed by atoms with E-state index in [2.05, 4.69) is 27.5 Å². The number of aryl methyl sites for hydroxylation is 3. The lowest BCUT2D eigenvalue weighted by Crippen LogP contribution is -2.22. The van der Waals surface area contributed by atoms with E-state index in [9.17, 15) is 8.42 Å². The van der Waals surface area contributed by atoms with Crippen LogP contribution in [0, 0.1) is 0 Å². The van der Waals surface area contributed by atoms with Crippen LogP contribution in [0.5, 0.6) is 0 Å². The number of sulfonamides is 1. The molecule has 0 saturated heterocycles. The molecule has 136 valence electrons. The molecule has 1 aromatic heterocycles. The van der Waals surface area contributed by atoms with Gasteiger partial charge in [0.05, 0.1) is 11.9 Å². The fourth-order valence-corrected chi connectivity index (χ4v) is 3.60. The van der Waals surface area contributed by atoms with Gasteiger partial charge in [-0.2, -0.15) is 4.80 Å². The van der Waals surface area contributed by atoms with E-state index in [0.29, 0.717) is 11.4 Å². The zero-order valence-electron chi connectivity index (χ0n) is 15.0. The van der Waals surface area contributed by atoms with Gasteiger partial charge in [0.25, 0.3) is 0 Å². The molecule has 1 heterocycles. The summed E-state index contributed by atoms with van der Waals surface area (Å²) in [6.07, 6.45) is 1.59. The summed E-state index contributed by atoms with van der Waals surface area (Å²) in [6, 6.07) is 15.3. The normalized spacial score (nSPS) is 11.8. The molecule has 2 aromatic carbocycles. The molecule has 0 N–H and O–H groups in total. The number of aromatic nitrogens is 4. The summed E-state index contributed by atoms with van der Waals surface area (Å²) in [5.74, 6) is 0.423. The highest BCUT2D eigenvalue weighted by molar-refractivity contribution is 7.89. The van der Waals surface area contributed by atoms with Crippen LogP contribution in [0.25, 0.3) is 11.4 Å². The number of rotatable bonds is 6. The Balaban J connectivity index is 2.00. The minimum Gasteiger partial charge on any atom is -0.207 e. The maximum Gasteiger partial charge on any atom is 0.242 e. The van der Waals surface area contributed by atoms with Gasteiger partial charge in [0.15, 0.2) is 0 Å². The Bertz CT molecular complexity index is 997. The molecule has 0 amide bonds. The summed E-state index contributed by atoms with van der Waals surface area (Å²) >= 11 is 0. The first-order valence-corrected chi connectivity index (χ1v) is 9.65. The number of benzene rings is 2. The van der Waals surface area contributed by atoms with Gasteiger partial charge in [-0.25, -0.2) is 12.7 Å². The molecule has 0 bridgehead atoms. The molecular formula is C18H21N5O2S. The van der Waals surface area contributed by atoms with Crippen LogP contribution in [0.4, 0.5) is 0 Å². The molecule has 3 rings (SSSR count). The lowest BCUT2D eigenvalue weighted by atomic mass is 9.99.